The molecule has 0 N–H and O–H groups in total. The number of rotatable bonds is 3. The smallest absolute Gasteiger partial charge is 0.410 e. The molecule has 2 heterocycles. The monoisotopic (exact) mass is 351 g/mol. The summed E-state index contributed by atoms with van der Waals surface area (Å²) < 4.78 is 11.1. The lowest BCUT2D eigenvalue weighted by Crippen LogP contribution is -2.45. The van der Waals surface area contributed by atoms with Gasteiger partial charge in [-0.3, -0.25) is 9.69 Å². The Morgan fingerprint density at radius 1 is 1.08 bits per heavy atom. The van der Waals surface area contributed by atoms with Crippen LogP contribution in [0.1, 0.15) is 35.6 Å². The highest BCUT2D eigenvalue weighted by Crippen LogP contribution is 2.37. The average Bonchev–Trinajstić information content (AvgIpc) is 3.12. The van der Waals surface area contributed by atoms with Crippen molar-refractivity contribution in [3.63, 3.8) is 0 Å². The summed E-state index contributed by atoms with van der Waals surface area (Å²) in [7, 11) is 0. The lowest BCUT2D eigenvalue weighted by atomic mass is 9.89. The van der Waals surface area contributed by atoms with Crippen molar-refractivity contribution in [2.45, 2.75) is 38.0 Å². The molecule has 0 spiro atoms. The first kappa shape index (κ1) is 16.6. The van der Waals surface area contributed by atoms with Gasteiger partial charge in [0.05, 0.1) is 6.04 Å². The van der Waals surface area contributed by atoms with Crippen molar-refractivity contribution in [3.8, 4) is 0 Å². The average molecular weight is 351 g/mol. The van der Waals surface area contributed by atoms with Crippen LogP contribution in [0.15, 0.2) is 54.6 Å². The van der Waals surface area contributed by atoms with Crippen LogP contribution < -0.4 is 0 Å². The summed E-state index contributed by atoms with van der Waals surface area (Å²) in [4.78, 5) is 26.1. The second kappa shape index (κ2) is 7.20. The standard InChI is InChI=1S/C21H21NO4/c23-19-11-10-18(26-19)20-17-9-5-4-8-16(17)12-13-22(20)21(24)25-14-15-6-2-1-3-7-15/h1-9,18,20H,10-14H2/t18-,20-/m1/s1. The number of amides is 1. The zero-order valence-corrected chi connectivity index (χ0v) is 14.5. The van der Waals surface area contributed by atoms with Gasteiger partial charge < -0.3 is 9.47 Å². The summed E-state index contributed by atoms with van der Waals surface area (Å²) >= 11 is 0. The molecule has 0 radical (unpaired) electrons. The molecule has 2 aliphatic heterocycles. The molecule has 134 valence electrons. The highest BCUT2D eigenvalue weighted by Gasteiger charge is 2.41. The Morgan fingerprint density at radius 3 is 2.62 bits per heavy atom. The van der Waals surface area contributed by atoms with Gasteiger partial charge in [-0.2, -0.15) is 0 Å². The third-order valence-corrected chi connectivity index (χ3v) is 5.04. The first-order chi connectivity index (χ1) is 12.7. The molecular formula is C21H21NO4. The van der Waals surface area contributed by atoms with E-state index in [1.807, 2.05) is 48.5 Å². The van der Waals surface area contributed by atoms with E-state index in [-0.39, 0.29) is 30.8 Å². The number of hydrogen-bond acceptors (Lipinski definition) is 4. The van der Waals surface area contributed by atoms with Crippen LogP contribution in [0.4, 0.5) is 4.79 Å². The van der Waals surface area contributed by atoms with Crippen molar-refractivity contribution < 1.29 is 19.1 Å². The van der Waals surface area contributed by atoms with Gasteiger partial charge in [0.2, 0.25) is 0 Å². The van der Waals surface area contributed by atoms with E-state index in [4.69, 9.17) is 9.47 Å². The predicted octanol–water partition coefficient (Wildman–Crippen LogP) is 3.63. The Hall–Kier alpha value is -2.82. The number of hydrogen-bond donors (Lipinski definition) is 0. The summed E-state index contributed by atoms with van der Waals surface area (Å²) in [6, 6.07) is 17.4. The van der Waals surface area contributed by atoms with Crippen molar-refractivity contribution in [2.24, 2.45) is 0 Å². The summed E-state index contributed by atoms with van der Waals surface area (Å²) in [6.45, 7) is 0.790. The van der Waals surface area contributed by atoms with Crippen LogP contribution in [-0.2, 0) is 27.3 Å². The highest BCUT2D eigenvalue weighted by molar-refractivity contribution is 5.73. The molecule has 5 nitrogen and oxygen atoms in total. The first-order valence-electron chi connectivity index (χ1n) is 8.97. The van der Waals surface area contributed by atoms with Crippen molar-refractivity contribution in [2.75, 3.05) is 6.54 Å². The second-order valence-corrected chi connectivity index (χ2v) is 6.69. The summed E-state index contributed by atoms with van der Waals surface area (Å²) in [5, 5.41) is 0. The molecule has 0 aromatic heterocycles. The first-order valence-corrected chi connectivity index (χ1v) is 8.97. The van der Waals surface area contributed by atoms with Crippen molar-refractivity contribution in [1.82, 2.24) is 4.90 Å². The molecule has 2 aliphatic rings. The Labute approximate surface area is 152 Å². The van der Waals surface area contributed by atoms with Gasteiger partial charge >= 0.3 is 12.1 Å². The minimum absolute atomic E-state index is 0.198. The molecule has 4 rings (SSSR count). The third kappa shape index (κ3) is 3.29. The Kier molecular flexibility index (Phi) is 4.61. The molecule has 2 aromatic carbocycles. The van der Waals surface area contributed by atoms with Gasteiger partial charge in [-0.05, 0) is 29.5 Å². The number of fused-ring (bicyclic) bond motifs is 1. The number of benzene rings is 2. The van der Waals surface area contributed by atoms with E-state index >= 15 is 0 Å². The van der Waals surface area contributed by atoms with Crippen LogP contribution in [0.2, 0.25) is 0 Å². The fourth-order valence-corrected chi connectivity index (χ4v) is 3.78. The minimum atomic E-state index is -0.365. The maximum absolute atomic E-state index is 12.8. The summed E-state index contributed by atoms with van der Waals surface area (Å²) in [5.41, 5.74) is 3.20. The van der Waals surface area contributed by atoms with Gasteiger partial charge in [0.25, 0.3) is 0 Å². The molecule has 5 heteroatoms. The van der Waals surface area contributed by atoms with Crippen LogP contribution in [-0.4, -0.2) is 29.6 Å². The second-order valence-electron chi connectivity index (χ2n) is 6.69. The maximum atomic E-state index is 12.8. The Morgan fingerprint density at radius 2 is 1.85 bits per heavy atom. The van der Waals surface area contributed by atoms with Gasteiger partial charge in [-0.25, -0.2) is 4.79 Å². The van der Waals surface area contributed by atoms with E-state index in [1.165, 1.54) is 5.56 Å². The number of carbonyl (C=O) groups is 2. The van der Waals surface area contributed by atoms with Crippen LogP contribution in [0.5, 0.6) is 0 Å². The number of cyclic esters (lactones) is 1. The van der Waals surface area contributed by atoms with E-state index in [0.717, 1.165) is 17.5 Å². The molecule has 0 unspecified atom stereocenters. The molecule has 1 fully saturated rings. The molecule has 0 aliphatic carbocycles. The normalized spacial score (nSPS) is 21.8. The van der Waals surface area contributed by atoms with E-state index < -0.39 is 0 Å². The fraction of sp³-hybridized carbons (Fsp3) is 0.333. The predicted molar refractivity (Wildman–Crippen MR) is 95.3 cm³/mol. The Bertz CT molecular complexity index is 805. The summed E-state index contributed by atoms with van der Waals surface area (Å²) in [5.74, 6) is -0.198. The van der Waals surface area contributed by atoms with Gasteiger partial charge in [0.1, 0.15) is 12.7 Å². The number of carbonyl (C=O) groups excluding carboxylic acids is 2. The quantitative estimate of drug-likeness (QED) is 0.793. The van der Waals surface area contributed by atoms with Crippen LogP contribution in [0.3, 0.4) is 0 Å². The lowest BCUT2D eigenvalue weighted by molar-refractivity contribution is -0.143. The minimum Gasteiger partial charge on any atom is -0.460 e. The Balaban J connectivity index is 1.55. The van der Waals surface area contributed by atoms with Gasteiger partial charge in [0, 0.05) is 13.0 Å². The van der Waals surface area contributed by atoms with E-state index in [1.54, 1.807) is 4.90 Å². The topological polar surface area (TPSA) is 55.8 Å². The van der Waals surface area contributed by atoms with E-state index in [0.29, 0.717) is 19.4 Å². The molecular weight excluding hydrogens is 330 g/mol. The third-order valence-electron chi connectivity index (χ3n) is 5.04. The molecule has 2 atom stereocenters. The summed E-state index contributed by atoms with van der Waals surface area (Å²) in [6.07, 6.45) is 1.12. The molecule has 2 aromatic rings. The van der Waals surface area contributed by atoms with Gasteiger partial charge in [-0.1, -0.05) is 54.6 Å². The maximum Gasteiger partial charge on any atom is 0.410 e. The van der Waals surface area contributed by atoms with Crippen molar-refractivity contribution >= 4 is 12.1 Å². The van der Waals surface area contributed by atoms with Crippen molar-refractivity contribution in [1.29, 1.82) is 0 Å². The zero-order valence-electron chi connectivity index (χ0n) is 14.5. The molecule has 1 saturated heterocycles. The fourth-order valence-electron chi connectivity index (χ4n) is 3.78. The number of nitrogens with zero attached hydrogens (tertiary/aromatic N) is 1. The SMILES string of the molecule is O=C1CC[C@H]([C@H]2c3ccccc3CCN2C(=O)OCc2ccccc2)O1. The lowest BCUT2D eigenvalue weighted by Gasteiger charge is -2.38. The zero-order chi connectivity index (χ0) is 17.9. The largest absolute Gasteiger partial charge is 0.460 e. The van der Waals surface area contributed by atoms with Crippen LogP contribution in [0, 0.1) is 0 Å². The van der Waals surface area contributed by atoms with Gasteiger partial charge in [-0.15, -0.1) is 0 Å². The van der Waals surface area contributed by atoms with E-state index in [2.05, 4.69) is 6.07 Å². The van der Waals surface area contributed by atoms with Crippen molar-refractivity contribution in [3.05, 3.63) is 71.3 Å². The van der Waals surface area contributed by atoms with Crippen LogP contribution >= 0.6 is 0 Å². The number of ether oxygens (including phenoxy) is 2. The number of esters is 1. The molecule has 0 bridgehead atoms. The highest BCUT2D eigenvalue weighted by atomic mass is 16.6. The molecule has 1 amide bonds. The van der Waals surface area contributed by atoms with Gasteiger partial charge in [0.15, 0.2) is 0 Å². The molecule has 0 saturated carbocycles. The van der Waals surface area contributed by atoms with E-state index in [9.17, 15) is 9.59 Å². The van der Waals surface area contributed by atoms with Crippen LogP contribution in [0.25, 0.3) is 0 Å². The molecule has 26 heavy (non-hydrogen) atoms.